The van der Waals surface area contributed by atoms with Gasteiger partial charge in [-0.15, -0.1) is 0 Å². The molecule has 1 aliphatic heterocycles. The van der Waals surface area contributed by atoms with E-state index in [-0.39, 0.29) is 11.3 Å². The Balaban J connectivity index is 1.77. The first-order valence-corrected chi connectivity index (χ1v) is 8.82. The largest absolute Gasteiger partial charge is 0.381 e. The second-order valence-corrected chi connectivity index (χ2v) is 7.30. The number of hydrogen-bond donors (Lipinski definition) is 1. The van der Waals surface area contributed by atoms with Gasteiger partial charge in [0.1, 0.15) is 0 Å². The molecule has 2 aromatic rings. The van der Waals surface area contributed by atoms with Crippen molar-refractivity contribution in [1.29, 1.82) is 0 Å². The minimum atomic E-state index is -0.885. The molecule has 2 aromatic carbocycles. The number of nitrogens with two attached hydrogens (primary N) is 1. The van der Waals surface area contributed by atoms with E-state index >= 15 is 0 Å². The molecule has 1 heterocycles. The molecule has 4 heteroatoms. The summed E-state index contributed by atoms with van der Waals surface area (Å²) in [5.74, 6) is 0.526. The van der Waals surface area contributed by atoms with Crippen molar-refractivity contribution in [2.75, 3.05) is 19.0 Å². The lowest BCUT2D eigenvalue weighted by molar-refractivity contribution is 0.0992. The van der Waals surface area contributed by atoms with Gasteiger partial charge in [-0.2, -0.15) is 0 Å². The van der Waals surface area contributed by atoms with Crippen molar-refractivity contribution < 1.29 is 8.95 Å². The molecule has 0 saturated carbocycles. The predicted molar refractivity (Wildman–Crippen MR) is 87.7 cm³/mol. The SMILES string of the molecule is NC(CS(=O)C1CCOCC1)c1cccc2ccccc12. The molecule has 1 aliphatic rings. The summed E-state index contributed by atoms with van der Waals surface area (Å²) in [6.45, 7) is 1.44. The molecular formula is C17H21NO2S. The first-order chi connectivity index (χ1) is 10.3. The van der Waals surface area contributed by atoms with Crippen LogP contribution in [-0.2, 0) is 15.5 Å². The Morgan fingerprint density at radius 1 is 1.14 bits per heavy atom. The third-order valence-electron chi connectivity index (χ3n) is 4.11. The molecule has 0 radical (unpaired) electrons. The summed E-state index contributed by atoms with van der Waals surface area (Å²) < 4.78 is 17.8. The zero-order valence-electron chi connectivity index (χ0n) is 12.0. The molecule has 0 spiro atoms. The molecule has 3 nitrogen and oxygen atoms in total. The second kappa shape index (κ2) is 6.69. The topological polar surface area (TPSA) is 52.3 Å². The Bertz CT molecular complexity index is 632. The molecule has 1 saturated heterocycles. The smallest absolute Gasteiger partial charge is 0.0477 e. The summed E-state index contributed by atoms with van der Waals surface area (Å²) in [7, 11) is -0.885. The summed E-state index contributed by atoms with van der Waals surface area (Å²) in [6.07, 6.45) is 1.77. The van der Waals surface area contributed by atoms with Crippen LogP contribution in [-0.4, -0.2) is 28.4 Å². The van der Waals surface area contributed by atoms with Crippen LogP contribution >= 0.6 is 0 Å². The Kier molecular flexibility index (Phi) is 4.68. The average Bonchev–Trinajstić information content (AvgIpc) is 2.55. The highest BCUT2D eigenvalue weighted by Gasteiger charge is 2.23. The van der Waals surface area contributed by atoms with Gasteiger partial charge in [-0.1, -0.05) is 42.5 Å². The summed E-state index contributed by atoms with van der Waals surface area (Å²) in [6, 6.07) is 14.2. The number of benzene rings is 2. The molecule has 2 unspecified atom stereocenters. The molecule has 21 heavy (non-hydrogen) atoms. The van der Waals surface area contributed by atoms with E-state index in [4.69, 9.17) is 10.5 Å². The van der Waals surface area contributed by atoms with E-state index in [2.05, 4.69) is 18.2 Å². The van der Waals surface area contributed by atoms with Crippen LogP contribution in [0.4, 0.5) is 0 Å². The third kappa shape index (κ3) is 3.34. The van der Waals surface area contributed by atoms with E-state index in [0.717, 1.165) is 37.0 Å². The van der Waals surface area contributed by atoms with Crippen LogP contribution in [0.1, 0.15) is 24.4 Å². The Morgan fingerprint density at radius 2 is 1.86 bits per heavy atom. The molecule has 3 rings (SSSR count). The number of hydrogen-bond acceptors (Lipinski definition) is 3. The van der Waals surface area contributed by atoms with Crippen molar-refractivity contribution in [3.8, 4) is 0 Å². The first-order valence-electron chi connectivity index (χ1n) is 7.44. The van der Waals surface area contributed by atoms with Crippen molar-refractivity contribution in [1.82, 2.24) is 0 Å². The van der Waals surface area contributed by atoms with Crippen LogP contribution in [0.5, 0.6) is 0 Å². The quantitative estimate of drug-likeness (QED) is 0.945. The monoisotopic (exact) mass is 303 g/mol. The van der Waals surface area contributed by atoms with Crippen LogP contribution in [0.3, 0.4) is 0 Å². The Morgan fingerprint density at radius 3 is 2.67 bits per heavy atom. The zero-order chi connectivity index (χ0) is 14.7. The minimum Gasteiger partial charge on any atom is -0.381 e. The lowest BCUT2D eigenvalue weighted by Gasteiger charge is -2.23. The van der Waals surface area contributed by atoms with E-state index in [0.29, 0.717) is 5.75 Å². The van der Waals surface area contributed by atoms with Gasteiger partial charge in [-0.05, 0) is 29.2 Å². The summed E-state index contributed by atoms with van der Waals surface area (Å²) >= 11 is 0. The highest BCUT2D eigenvalue weighted by molar-refractivity contribution is 7.85. The van der Waals surface area contributed by atoms with E-state index in [9.17, 15) is 4.21 Å². The fourth-order valence-electron chi connectivity index (χ4n) is 2.92. The number of ether oxygens (including phenoxy) is 1. The van der Waals surface area contributed by atoms with Crippen molar-refractivity contribution in [2.45, 2.75) is 24.1 Å². The van der Waals surface area contributed by atoms with Gasteiger partial charge in [0.25, 0.3) is 0 Å². The van der Waals surface area contributed by atoms with E-state index in [1.807, 2.05) is 24.3 Å². The van der Waals surface area contributed by atoms with Gasteiger partial charge in [-0.3, -0.25) is 4.21 Å². The van der Waals surface area contributed by atoms with Crippen LogP contribution in [0, 0.1) is 0 Å². The molecule has 0 bridgehead atoms. The van der Waals surface area contributed by atoms with E-state index < -0.39 is 10.8 Å². The fraction of sp³-hybridized carbons (Fsp3) is 0.412. The average molecular weight is 303 g/mol. The van der Waals surface area contributed by atoms with Crippen molar-refractivity contribution in [3.05, 3.63) is 48.0 Å². The minimum absolute atomic E-state index is 0.181. The Labute approximate surface area is 127 Å². The maximum atomic E-state index is 12.5. The molecule has 2 atom stereocenters. The molecule has 2 N–H and O–H groups in total. The molecule has 0 amide bonds. The van der Waals surface area contributed by atoms with E-state index in [1.165, 1.54) is 5.39 Å². The van der Waals surface area contributed by atoms with Crippen LogP contribution in [0.2, 0.25) is 0 Å². The van der Waals surface area contributed by atoms with Gasteiger partial charge in [0.2, 0.25) is 0 Å². The lowest BCUT2D eigenvalue weighted by atomic mass is 10.0. The van der Waals surface area contributed by atoms with Gasteiger partial charge in [0.05, 0.1) is 0 Å². The maximum Gasteiger partial charge on any atom is 0.0477 e. The first kappa shape index (κ1) is 14.7. The zero-order valence-corrected chi connectivity index (χ0v) is 12.9. The molecule has 112 valence electrons. The highest BCUT2D eigenvalue weighted by atomic mass is 32.2. The van der Waals surface area contributed by atoms with Gasteiger partial charge in [0.15, 0.2) is 0 Å². The van der Waals surface area contributed by atoms with Crippen molar-refractivity contribution in [2.24, 2.45) is 5.73 Å². The van der Waals surface area contributed by atoms with Crippen molar-refractivity contribution in [3.63, 3.8) is 0 Å². The van der Waals surface area contributed by atoms with Crippen LogP contribution < -0.4 is 5.73 Å². The third-order valence-corrected chi connectivity index (χ3v) is 6.01. The summed E-state index contributed by atoms with van der Waals surface area (Å²) in [4.78, 5) is 0. The van der Waals surface area contributed by atoms with Crippen LogP contribution in [0.15, 0.2) is 42.5 Å². The number of rotatable bonds is 4. The van der Waals surface area contributed by atoms with Crippen LogP contribution in [0.25, 0.3) is 10.8 Å². The molecular weight excluding hydrogens is 282 g/mol. The van der Waals surface area contributed by atoms with Gasteiger partial charge >= 0.3 is 0 Å². The molecule has 0 aliphatic carbocycles. The van der Waals surface area contributed by atoms with E-state index in [1.54, 1.807) is 0 Å². The Hall–Kier alpha value is -1.23. The van der Waals surface area contributed by atoms with Crippen molar-refractivity contribution >= 4 is 21.6 Å². The normalized spacial score (nSPS) is 19.5. The summed E-state index contributed by atoms with van der Waals surface area (Å²) in [5, 5.41) is 2.58. The summed E-state index contributed by atoms with van der Waals surface area (Å²) in [5.41, 5.74) is 7.44. The second-order valence-electron chi connectivity index (χ2n) is 5.53. The predicted octanol–water partition coefficient (Wildman–Crippen LogP) is 2.77. The lowest BCUT2D eigenvalue weighted by Crippen LogP contribution is -2.30. The molecule has 1 fully saturated rings. The standard InChI is InChI=1S/C17H21NO2S/c18-17(12-21(19)14-8-10-20-11-9-14)16-7-3-5-13-4-1-2-6-15(13)16/h1-7,14,17H,8-12,18H2. The maximum absolute atomic E-state index is 12.5. The van der Waals surface area contributed by atoms with Gasteiger partial charge in [-0.25, -0.2) is 0 Å². The molecule has 0 aromatic heterocycles. The highest BCUT2D eigenvalue weighted by Crippen LogP contribution is 2.25. The van der Waals surface area contributed by atoms with Gasteiger partial charge < -0.3 is 10.5 Å². The van der Waals surface area contributed by atoms with Gasteiger partial charge in [0, 0.05) is 41.1 Å². The fourth-order valence-corrected chi connectivity index (χ4v) is 4.44. The number of fused-ring (bicyclic) bond motifs is 1.